The van der Waals surface area contributed by atoms with Crippen LogP contribution >= 0.6 is 39.1 Å². The third-order valence-corrected chi connectivity index (χ3v) is 5.25. The van der Waals surface area contributed by atoms with Gasteiger partial charge < -0.3 is 0 Å². The van der Waals surface area contributed by atoms with Crippen LogP contribution < -0.4 is 10.2 Å². The second-order valence-electron chi connectivity index (χ2n) is 5.48. The van der Waals surface area contributed by atoms with Crippen molar-refractivity contribution in [2.45, 2.75) is 10.7 Å². The van der Waals surface area contributed by atoms with Gasteiger partial charge in [0.15, 0.2) is 4.32 Å². The molecule has 0 saturated carbocycles. The van der Waals surface area contributed by atoms with Crippen molar-refractivity contribution in [2.75, 3.05) is 4.90 Å². The fourth-order valence-corrected chi connectivity index (χ4v) is 3.33. The molecule has 2 aromatic carbocycles. The predicted octanol–water partition coefficient (Wildman–Crippen LogP) is 3.95. The maximum Gasteiger partial charge on any atom is 0.335 e. The number of amides is 4. The van der Waals surface area contributed by atoms with Gasteiger partial charge in [0.2, 0.25) is 0 Å². The van der Waals surface area contributed by atoms with Gasteiger partial charge in [0.1, 0.15) is 0 Å². The first-order chi connectivity index (χ1) is 11.8. The van der Waals surface area contributed by atoms with Crippen LogP contribution in [0.5, 0.6) is 0 Å². The lowest BCUT2D eigenvalue weighted by Crippen LogP contribution is -2.66. The lowest BCUT2D eigenvalue weighted by molar-refractivity contribution is -0.131. The minimum absolute atomic E-state index is 0.0617. The van der Waals surface area contributed by atoms with E-state index in [1.165, 1.54) is 12.1 Å². The molecule has 1 heterocycles. The topological polar surface area (TPSA) is 66.5 Å². The van der Waals surface area contributed by atoms with Gasteiger partial charge in [-0.05, 0) is 42.0 Å². The second kappa shape index (κ2) is 6.78. The van der Waals surface area contributed by atoms with Crippen LogP contribution in [0.4, 0.5) is 10.5 Å². The molecule has 1 atom stereocenters. The van der Waals surface area contributed by atoms with Gasteiger partial charge in [-0.15, -0.1) is 0 Å². The average Bonchev–Trinajstić information content (AvgIpc) is 2.57. The van der Waals surface area contributed by atoms with Crippen molar-refractivity contribution in [3.05, 3.63) is 64.1 Å². The minimum Gasteiger partial charge on any atom is -0.276 e. The number of barbiturate groups is 1. The molecule has 8 heteroatoms. The summed E-state index contributed by atoms with van der Waals surface area (Å²) in [6.45, 7) is 0. The first kappa shape index (κ1) is 17.9. The van der Waals surface area contributed by atoms with Gasteiger partial charge in [-0.25, -0.2) is 9.69 Å². The van der Waals surface area contributed by atoms with Crippen LogP contribution in [0.3, 0.4) is 0 Å². The van der Waals surface area contributed by atoms with Crippen molar-refractivity contribution >= 4 is 62.7 Å². The summed E-state index contributed by atoms with van der Waals surface area (Å²) in [6, 6.07) is 12.1. The number of carbonyl (C=O) groups is 3. The molecule has 3 rings (SSSR count). The van der Waals surface area contributed by atoms with E-state index in [1.54, 1.807) is 36.4 Å². The van der Waals surface area contributed by atoms with Gasteiger partial charge in [-0.1, -0.05) is 51.3 Å². The maximum atomic E-state index is 13.0. The van der Waals surface area contributed by atoms with Crippen LogP contribution in [0.25, 0.3) is 0 Å². The molecule has 0 aromatic heterocycles. The molecule has 0 radical (unpaired) electrons. The van der Waals surface area contributed by atoms with Crippen molar-refractivity contribution in [1.29, 1.82) is 0 Å². The van der Waals surface area contributed by atoms with Crippen LogP contribution in [0, 0.1) is 0 Å². The van der Waals surface area contributed by atoms with Crippen molar-refractivity contribution in [3.8, 4) is 0 Å². The molecule has 2 aromatic rings. The van der Waals surface area contributed by atoms with E-state index in [0.717, 1.165) is 10.5 Å². The van der Waals surface area contributed by atoms with E-state index >= 15 is 0 Å². The van der Waals surface area contributed by atoms with Gasteiger partial charge in [0, 0.05) is 16.5 Å². The van der Waals surface area contributed by atoms with E-state index in [4.69, 9.17) is 23.2 Å². The number of anilines is 1. The number of benzene rings is 2. The van der Waals surface area contributed by atoms with E-state index in [2.05, 4.69) is 21.2 Å². The molecule has 1 aliphatic heterocycles. The van der Waals surface area contributed by atoms with Gasteiger partial charge >= 0.3 is 6.03 Å². The normalized spacial score (nSPS) is 20.6. The second-order valence-corrected chi connectivity index (χ2v) is 7.71. The first-order valence-electron chi connectivity index (χ1n) is 7.20. The molecule has 25 heavy (non-hydrogen) atoms. The Morgan fingerprint density at radius 1 is 0.920 bits per heavy atom. The number of halogens is 3. The SMILES string of the molecule is O=C1NC(=O)C(Br)(Cc2ccc(Cl)cc2)C(=O)N1c1ccc(Cl)cc1. The Kier molecular flexibility index (Phi) is 4.86. The Hall–Kier alpha value is -1.89. The summed E-state index contributed by atoms with van der Waals surface area (Å²) in [5.74, 6) is -1.37. The number of carbonyl (C=O) groups excluding carboxylic acids is 3. The molecule has 1 fully saturated rings. The number of imide groups is 2. The smallest absolute Gasteiger partial charge is 0.276 e. The molecule has 1 aliphatic rings. The van der Waals surface area contributed by atoms with E-state index in [-0.39, 0.29) is 6.42 Å². The van der Waals surface area contributed by atoms with Crippen LogP contribution in [-0.2, 0) is 16.0 Å². The summed E-state index contributed by atoms with van der Waals surface area (Å²) in [5, 5.41) is 3.23. The Morgan fingerprint density at radius 3 is 2.00 bits per heavy atom. The van der Waals surface area contributed by atoms with Crippen LogP contribution in [0.2, 0.25) is 10.0 Å². The fourth-order valence-electron chi connectivity index (χ4n) is 2.48. The quantitative estimate of drug-likeness (QED) is 0.579. The summed E-state index contributed by atoms with van der Waals surface area (Å²) in [4.78, 5) is 38.4. The first-order valence-corrected chi connectivity index (χ1v) is 8.75. The number of hydrogen-bond acceptors (Lipinski definition) is 3. The standard InChI is InChI=1S/C17H11BrCl2N2O3/c18-17(9-10-1-3-11(19)4-2-10)14(23)21-16(25)22(15(17)24)13-7-5-12(20)6-8-13/h1-8H,9H2,(H,21,23,25). The number of rotatable bonds is 3. The van der Waals surface area contributed by atoms with Crippen LogP contribution in [0.15, 0.2) is 48.5 Å². The Morgan fingerprint density at radius 2 is 1.44 bits per heavy atom. The third-order valence-electron chi connectivity index (χ3n) is 3.77. The Bertz CT molecular complexity index is 855. The molecule has 5 nitrogen and oxygen atoms in total. The molecular weight excluding hydrogens is 431 g/mol. The molecule has 1 unspecified atom stereocenters. The Balaban J connectivity index is 1.96. The fraction of sp³-hybridized carbons (Fsp3) is 0.118. The lowest BCUT2D eigenvalue weighted by Gasteiger charge is -2.35. The number of nitrogens with one attached hydrogen (secondary N) is 1. The highest BCUT2D eigenvalue weighted by Crippen LogP contribution is 2.33. The van der Waals surface area contributed by atoms with E-state index in [0.29, 0.717) is 15.7 Å². The highest BCUT2D eigenvalue weighted by molar-refractivity contribution is 9.10. The zero-order valence-electron chi connectivity index (χ0n) is 12.6. The van der Waals surface area contributed by atoms with E-state index < -0.39 is 22.2 Å². The third kappa shape index (κ3) is 3.42. The van der Waals surface area contributed by atoms with Crippen molar-refractivity contribution in [3.63, 3.8) is 0 Å². The van der Waals surface area contributed by atoms with Crippen LogP contribution in [0.1, 0.15) is 5.56 Å². The summed E-state index contributed by atoms with van der Waals surface area (Å²) in [5.41, 5.74) is 1.04. The van der Waals surface area contributed by atoms with Gasteiger partial charge in [-0.3, -0.25) is 14.9 Å². The van der Waals surface area contributed by atoms with Gasteiger partial charge in [0.05, 0.1) is 5.69 Å². The molecule has 128 valence electrons. The van der Waals surface area contributed by atoms with Gasteiger partial charge in [0.25, 0.3) is 11.8 Å². The highest BCUT2D eigenvalue weighted by Gasteiger charge is 2.52. The van der Waals surface area contributed by atoms with E-state index in [9.17, 15) is 14.4 Å². The summed E-state index contributed by atoms with van der Waals surface area (Å²) in [6.07, 6.45) is 0.0617. The van der Waals surface area contributed by atoms with Crippen molar-refractivity contribution in [2.24, 2.45) is 0 Å². The maximum absolute atomic E-state index is 13.0. The lowest BCUT2D eigenvalue weighted by atomic mass is 9.95. The Labute approximate surface area is 162 Å². The number of alkyl halides is 1. The van der Waals surface area contributed by atoms with Crippen LogP contribution in [-0.4, -0.2) is 22.2 Å². The molecule has 1 N–H and O–H groups in total. The summed E-state index contributed by atoms with van der Waals surface area (Å²) < 4.78 is -1.60. The summed E-state index contributed by atoms with van der Waals surface area (Å²) >= 11 is 15.0. The summed E-state index contributed by atoms with van der Waals surface area (Å²) in [7, 11) is 0. The number of hydrogen-bond donors (Lipinski definition) is 1. The average molecular weight is 442 g/mol. The van der Waals surface area contributed by atoms with E-state index in [1.807, 2.05) is 0 Å². The predicted molar refractivity (Wildman–Crippen MR) is 99.3 cm³/mol. The largest absolute Gasteiger partial charge is 0.335 e. The minimum atomic E-state index is -1.60. The molecule has 0 spiro atoms. The highest BCUT2D eigenvalue weighted by atomic mass is 79.9. The van der Waals surface area contributed by atoms with Gasteiger partial charge in [-0.2, -0.15) is 0 Å². The molecule has 1 saturated heterocycles. The molecule has 0 bridgehead atoms. The van der Waals surface area contributed by atoms with Crippen molar-refractivity contribution in [1.82, 2.24) is 5.32 Å². The molecule has 4 amide bonds. The molecule has 0 aliphatic carbocycles. The zero-order chi connectivity index (χ0) is 18.2. The molecular formula is C17H11BrCl2N2O3. The zero-order valence-corrected chi connectivity index (χ0v) is 15.7. The van der Waals surface area contributed by atoms with Crippen molar-refractivity contribution < 1.29 is 14.4 Å². The monoisotopic (exact) mass is 440 g/mol. The number of urea groups is 1. The number of nitrogens with zero attached hydrogens (tertiary/aromatic N) is 1.